The smallest absolute Gasteiger partial charge is 0.133 e. The molecule has 3 rings (SSSR count). The van der Waals surface area contributed by atoms with Crippen molar-refractivity contribution in [2.75, 3.05) is 6.61 Å². The molecule has 0 radical (unpaired) electrons. The molecule has 1 heterocycles. The summed E-state index contributed by atoms with van der Waals surface area (Å²) in [6.07, 6.45) is 3.25. The molecule has 1 aliphatic carbocycles. The number of aromatic nitrogens is 1. The van der Waals surface area contributed by atoms with Gasteiger partial charge in [0.15, 0.2) is 0 Å². The quantitative estimate of drug-likeness (QED) is 0.919. The van der Waals surface area contributed by atoms with Crippen molar-refractivity contribution in [3.05, 3.63) is 41.2 Å². The lowest BCUT2D eigenvalue weighted by molar-refractivity contribution is 0.332. The zero-order chi connectivity index (χ0) is 15.7. The molecule has 1 aromatic carbocycles. The number of fused-ring (bicyclic) bond motifs is 1. The third-order valence-corrected chi connectivity index (χ3v) is 4.39. The molecule has 1 aromatic heterocycles. The van der Waals surface area contributed by atoms with Crippen LogP contribution in [0.15, 0.2) is 24.3 Å². The largest absolute Gasteiger partial charge is 0.508 e. The summed E-state index contributed by atoms with van der Waals surface area (Å²) in [6.45, 7) is 7.00. The lowest BCUT2D eigenvalue weighted by Gasteiger charge is -2.26. The van der Waals surface area contributed by atoms with Crippen molar-refractivity contribution >= 4 is 0 Å². The fourth-order valence-electron chi connectivity index (χ4n) is 3.29. The number of nitrogens with zero attached hydrogens (tertiary/aromatic N) is 1. The summed E-state index contributed by atoms with van der Waals surface area (Å²) in [7, 11) is 0. The van der Waals surface area contributed by atoms with Gasteiger partial charge in [0.25, 0.3) is 0 Å². The zero-order valence-electron chi connectivity index (χ0n) is 13.5. The minimum atomic E-state index is 0.277. The average molecular weight is 297 g/mol. The Morgan fingerprint density at radius 1 is 1.27 bits per heavy atom. The predicted octanol–water partition coefficient (Wildman–Crippen LogP) is 4.29. The third kappa shape index (κ3) is 2.68. The number of aromatic hydroxyl groups is 1. The lowest BCUT2D eigenvalue weighted by atomic mass is 9.85. The van der Waals surface area contributed by atoms with Gasteiger partial charge in [-0.1, -0.05) is 19.1 Å². The Balaban J connectivity index is 2.18. The SMILES string of the molecule is CCOc1c2c(nc(C)c1-c1ccc(O)cc1)CC(C)CC2. The van der Waals surface area contributed by atoms with Gasteiger partial charge in [-0.25, -0.2) is 0 Å². The van der Waals surface area contributed by atoms with E-state index in [0.717, 1.165) is 35.4 Å². The number of rotatable bonds is 3. The van der Waals surface area contributed by atoms with Crippen LogP contribution >= 0.6 is 0 Å². The molecule has 0 spiro atoms. The highest BCUT2D eigenvalue weighted by atomic mass is 16.5. The van der Waals surface area contributed by atoms with E-state index in [1.165, 1.54) is 17.7 Å². The topological polar surface area (TPSA) is 42.4 Å². The number of phenols is 1. The molecule has 0 aliphatic heterocycles. The Morgan fingerprint density at radius 2 is 2.00 bits per heavy atom. The summed E-state index contributed by atoms with van der Waals surface area (Å²) in [6, 6.07) is 7.29. The zero-order valence-corrected chi connectivity index (χ0v) is 13.5. The van der Waals surface area contributed by atoms with Crippen molar-refractivity contribution in [1.29, 1.82) is 0 Å². The van der Waals surface area contributed by atoms with Crippen LogP contribution in [0, 0.1) is 12.8 Å². The molecule has 1 aliphatic rings. The Labute approximate surface area is 132 Å². The van der Waals surface area contributed by atoms with Gasteiger partial charge in [-0.05, 0) is 56.7 Å². The van der Waals surface area contributed by atoms with Gasteiger partial charge >= 0.3 is 0 Å². The van der Waals surface area contributed by atoms with Crippen molar-refractivity contribution in [2.45, 2.75) is 40.0 Å². The fourth-order valence-corrected chi connectivity index (χ4v) is 3.29. The lowest BCUT2D eigenvalue weighted by Crippen LogP contribution is -2.16. The number of aryl methyl sites for hydroxylation is 1. The molecule has 3 heteroatoms. The van der Waals surface area contributed by atoms with Gasteiger partial charge in [0.05, 0.1) is 6.61 Å². The maximum atomic E-state index is 9.52. The molecular weight excluding hydrogens is 274 g/mol. The second-order valence-electron chi connectivity index (χ2n) is 6.15. The van der Waals surface area contributed by atoms with Gasteiger partial charge in [0.1, 0.15) is 11.5 Å². The Kier molecular flexibility index (Phi) is 4.06. The number of hydrogen-bond donors (Lipinski definition) is 1. The highest BCUT2D eigenvalue weighted by Crippen LogP contribution is 2.40. The molecule has 3 nitrogen and oxygen atoms in total. The maximum absolute atomic E-state index is 9.52. The van der Waals surface area contributed by atoms with E-state index in [-0.39, 0.29) is 5.75 Å². The highest BCUT2D eigenvalue weighted by molar-refractivity contribution is 5.75. The summed E-state index contributed by atoms with van der Waals surface area (Å²) in [5, 5.41) is 9.52. The van der Waals surface area contributed by atoms with E-state index >= 15 is 0 Å². The summed E-state index contributed by atoms with van der Waals surface area (Å²) < 4.78 is 6.03. The van der Waals surface area contributed by atoms with E-state index in [1.54, 1.807) is 12.1 Å². The predicted molar refractivity (Wildman–Crippen MR) is 88.4 cm³/mol. The van der Waals surface area contributed by atoms with Crippen LogP contribution in [0.4, 0.5) is 0 Å². The molecule has 2 aromatic rings. The molecule has 0 amide bonds. The van der Waals surface area contributed by atoms with E-state index in [0.29, 0.717) is 12.5 Å². The number of benzene rings is 1. The Bertz CT molecular complexity index is 677. The normalized spacial score (nSPS) is 17.1. The van der Waals surface area contributed by atoms with E-state index < -0.39 is 0 Å². The molecule has 22 heavy (non-hydrogen) atoms. The number of hydrogen-bond acceptors (Lipinski definition) is 3. The summed E-state index contributed by atoms with van der Waals surface area (Å²) >= 11 is 0. The van der Waals surface area contributed by atoms with Crippen LogP contribution in [0.1, 0.15) is 37.2 Å². The molecule has 0 fully saturated rings. The van der Waals surface area contributed by atoms with Gasteiger partial charge in [-0.15, -0.1) is 0 Å². The van der Waals surface area contributed by atoms with Crippen LogP contribution in [-0.2, 0) is 12.8 Å². The van der Waals surface area contributed by atoms with Gasteiger partial charge in [0, 0.05) is 22.5 Å². The first kappa shape index (κ1) is 14.9. The van der Waals surface area contributed by atoms with Crippen LogP contribution in [0.3, 0.4) is 0 Å². The van der Waals surface area contributed by atoms with Crippen molar-refractivity contribution < 1.29 is 9.84 Å². The molecular formula is C19H23NO2. The average Bonchev–Trinajstić information content (AvgIpc) is 2.48. The van der Waals surface area contributed by atoms with Crippen molar-refractivity contribution in [1.82, 2.24) is 4.98 Å². The Morgan fingerprint density at radius 3 is 2.68 bits per heavy atom. The van der Waals surface area contributed by atoms with Gasteiger partial charge < -0.3 is 9.84 Å². The van der Waals surface area contributed by atoms with E-state index in [9.17, 15) is 5.11 Å². The Hall–Kier alpha value is -2.03. The summed E-state index contributed by atoms with van der Waals surface area (Å²) in [5.74, 6) is 1.95. The molecule has 1 unspecified atom stereocenters. The second kappa shape index (κ2) is 5.99. The molecule has 0 saturated carbocycles. The molecule has 1 atom stereocenters. The second-order valence-corrected chi connectivity index (χ2v) is 6.15. The first-order valence-electron chi connectivity index (χ1n) is 8.04. The van der Waals surface area contributed by atoms with E-state index in [2.05, 4.69) is 6.92 Å². The van der Waals surface area contributed by atoms with Crippen LogP contribution in [0.25, 0.3) is 11.1 Å². The first-order valence-corrected chi connectivity index (χ1v) is 8.04. The highest BCUT2D eigenvalue weighted by Gasteiger charge is 2.24. The van der Waals surface area contributed by atoms with Gasteiger partial charge in [-0.3, -0.25) is 4.98 Å². The van der Waals surface area contributed by atoms with Crippen LogP contribution in [0.2, 0.25) is 0 Å². The molecule has 0 saturated heterocycles. The number of ether oxygens (including phenoxy) is 1. The standard InChI is InChI=1S/C19H23NO2/c1-4-22-19-16-10-5-12(2)11-17(16)20-13(3)18(19)14-6-8-15(21)9-7-14/h6-9,12,21H,4-5,10-11H2,1-3H3. The summed E-state index contributed by atoms with van der Waals surface area (Å²) in [5.41, 5.74) is 5.58. The maximum Gasteiger partial charge on any atom is 0.133 e. The van der Waals surface area contributed by atoms with E-state index in [1.807, 2.05) is 26.0 Å². The van der Waals surface area contributed by atoms with Crippen molar-refractivity contribution in [2.24, 2.45) is 5.92 Å². The first-order chi connectivity index (χ1) is 10.6. The minimum absolute atomic E-state index is 0.277. The minimum Gasteiger partial charge on any atom is -0.508 e. The van der Waals surface area contributed by atoms with Crippen LogP contribution < -0.4 is 4.74 Å². The third-order valence-electron chi connectivity index (χ3n) is 4.39. The fraction of sp³-hybridized carbons (Fsp3) is 0.421. The van der Waals surface area contributed by atoms with Crippen molar-refractivity contribution in [3.8, 4) is 22.6 Å². The number of pyridine rings is 1. The van der Waals surface area contributed by atoms with Crippen LogP contribution in [0.5, 0.6) is 11.5 Å². The monoisotopic (exact) mass is 297 g/mol. The molecule has 1 N–H and O–H groups in total. The van der Waals surface area contributed by atoms with Crippen molar-refractivity contribution in [3.63, 3.8) is 0 Å². The van der Waals surface area contributed by atoms with E-state index in [4.69, 9.17) is 9.72 Å². The van der Waals surface area contributed by atoms with Crippen LogP contribution in [-0.4, -0.2) is 16.7 Å². The summed E-state index contributed by atoms with van der Waals surface area (Å²) in [4.78, 5) is 4.86. The van der Waals surface area contributed by atoms with Gasteiger partial charge in [-0.2, -0.15) is 0 Å². The molecule has 0 bridgehead atoms. The van der Waals surface area contributed by atoms with Gasteiger partial charge in [0.2, 0.25) is 0 Å². The number of phenolic OH excluding ortho intramolecular Hbond substituents is 1. The molecule has 116 valence electrons.